The quantitative estimate of drug-likeness (QED) is 0.833. The molecule has 0 spiro atoms. The first kappa shape index (κ1) is 14.3. The Balaban J connectivity index is 1.95. The van der Waals surface area contributed by atoms with Crippen LogP contribution >= 0.6 is 0 Å². The summed E-state index contributed by atoms with van der Waals surface area (Å²) in [6.07, 6.45) is 7.84. The van der Waals surface area contributed by atoms with Crippen molar-refractivity contribution in [1.82, 2.24) is 10.2 Å². The van der Waals surface area contributed by atoms with E-state index in [9.17, 15) is 0 Å². The fourth-order valence-electron chi connectivity index (χ4n) is 3.96. The summed E-state index contributed by atoms with van der Waals surface area (Å²) in [7, 11) is 2.10. The van der Waals surface area contributed by atoms with Gasteiger partial charge in [-0.2, -0.15) is 0 Å². The standard InChI is InChI=1S/C15H30N2O/c1-13-9-17(10-14(2)18-13)12-15(11-16-3)7-5-4-6-8-15/h13-14,16H,4-12H2,1-3H3/t13-,14+. The molecule has 1 saturated heterocycles. The maximum atomic E-state index is 5.84. The molecule has 0 aromatic rings. The lowest BCUT2D eigenvalue weighted by molar-refractivity contribution is -0.0802. The van der Waals surface area contributed by atoms with Crippen LogP contribution in [0.25, 0.3) is 0 Å². The van der Waals surface area contributed by atoms with E-state index in [2.05, 4.69) is 31.1 Å². The van der Waals surface area contributed by atoms with Gasteiger partial charge < -0.3 is 10.1 Å². The summed E-state index contributed by atoms with van der Waals surface area (Å²) in [6, 6.07) is 0. The van der Waals surface area contributed by atoms with Crippen LogP contribution in [0.15, 0.2) is 0 Å². The second kappa shape index (κ2) is 6.36. The Morgan fingerprint density at radius 1 is 1.11 bits per heavy atom. The minimum atomic E-state index is 0.393. The summed E-state index contributed by atoms with van der Waals surface area (Å²) in [5.74, 6) is 0. The Kier molecular flexibility index (Phi) is 5.05. The third-order valence-electron chi connectivity index (χ3n) is 4.52. The zero-order valence-electron chi connectivity index (χ0n) is 12.4. The molecule has 0 bridgehead atoms. The van der Waals surface area contributed by atoms with Crippen LogP contribution < -0.4 is 5.32 Å². The summed E-state index contributed by atoms with van der Waals surface area (Å²) in [5, 5.41) is 3.43. The molecular formula is C15H30N2O. The van der Waals surface area contributed by atoms with Gasteiger partial charge in [0, 0.05) is 26.2 Å². The average molecular weight is 254 g/mol. The Labute approximate surface area is 112 Å². The second-order valence-corrected chi connectivity index (χ2v) is 6.54. The third kappa shape index (κ3) is 3.69. The van der Waals surface area contributed by atoms with Gasteiger partial charge in [-0.3, -0.25) is 4.90 Å². The molecule has 3 heteroatoms. The molecule has 18 heavy (non-hydrogen) atoms. The van der Waals surface area contributed by atoms with Gasteiger partial charge in [-0.25, -0.2) is 0 Å². The van der Waals surface area contributed by atoms with E-state index < -0.39 is 0 Å². The van der Waals surface area contributed by atoms with Crippen LogP contribution in [0.5, 0.6) is 0 Å². The highest BCUT2D eigenvalue weighted by atomic mass is 16.5. The van der Waals surface area contributed by atoms with Crippen molar-refractivity contribution in [3.8, 4) is 0 Å². The number of hydrogen-bond donors (Lipinski definition) is 1. The third-order valence-corrected chi connectivity index (χ3v) is 4.52. The topological polar surface area (TPSA) is 24.5 Å². The van der Waals surface area contributed by atoms with E-state index in [1.54, 1.807) is 0 Å². The van der Waals surface area contributed by atoms with Gasteiger partial charge in [0.2, 0.25) is 0 Å². The molecule has 2 aliphatic rings. The summed E-state index contributed by atoms with van der Waals surface area (Å²) in [4.78, 5) is 2.64. The minimum Gasteiger partial charge on any atom is -0.373 e. The smallest absolute Gasteiger partial charge is 0.0678 e. The average Bonchev–Trinajstić information content (AvgIpc) is 2.28. The van der Waals surface area contributed by atoms with E-state index in [0.717, 1.165) is 13.1 Å². The number of morpholine rings is 1. The van der Waals surface area contributed by atoms with Crippen molar-refractivity contribution in [3.63, 3.8) is 0 Å². The highest BCUT2D eigenvalue weighted by Gasteiger charge is 2.35. The van der Waals surface area contributed by atoms with Crippen LogP contribution in [0.4, 0.5) is 0 Å². The molecule has 1 saturated carbocycles. The van der Waals surface area contributed by atoms with E-state index in [4.69, 9.17) is 4.74 Å². The van der Waals surface area contributed by atoms with Gasteiger partial charge in [-0.05, 0) is 39.2 Å². The molecular weight excluding hydrogens is 224 g/mol. The highest BCUT2D eigenvalue weighted by Crippen LogP contribution is 2.37. The monoisotopic (exact) mass is 254 g/mol. The van der Waals surface area contributed by atoms with Crippen molar-refractivity contribution < 1.29 is 4.74 Å². The van der Waals surface area contributed by atoms with Crippen LogP contribution in [0.3, 0.4) is 0 Å². The fraction of sp³-hybridized carbons (Fsp3) is 1.00. The number of rotatable bonds is 4. The molecule has 1 heterocycles. The van der Waals surface area contributed by atoms with Crippen LogP contribution in [-0.2, 0) is 4.74 Å². The number of ether oxygens (including phenoxy) is 1. The van der Waals surface area contributed by atoms with Gasteiger partial charge in [-0.15, -0.1) is 0 Å². The summed E-state index contributed by atoms with van der Waals surface area (Å²) < 4.78 is 5.84. The van der Waals surface area contributed by atoms with Crippen molar-refractivity contribution in [2.24, 2.45) is 5.41 Å². The van der Waals surface area contributed by atoms with Crippen molar-refractivity contribution in [1.29, 1.82) is 0 Å². The van der Waals surface area contributed by atoms with Gasteiger partial charge in [0.1, 0.15) is 0 Å². The normalized spacial score (nSPS) is 33.5. The molecule has 1 aliphatic carbocycles. The first-order chi connectivity index (χ1) is 8.63. The zero-order chi connectivity index (χ0) is 13.0. The van der Waals surface area contributed by atoms with E-state index in [0.29, 0.717) is 17.6 Å². The molecule has 2 atom stereocenters. The van der Waals surface area contributed by atoms with Crippen molar-refractivity contribution >= 4 is 0 Å². The van der Waals surface area contributed by atoms with Gasteiger partial charge in [0.25, 0.3) is 0 Å². The van der Waals surface area contributed by atoms with Crippen LogP contribution in [0.2, 0.25) is 0 Å². The van der Waals surface area contributed by atoms with Gasteiger partial charge >= 0.3 is 0 Å². The van der Waals surface area contributed by atoms with E-state index >= 15 is 0 Å². The van der Waals surface area contributed by atoms with E-state index in [1.807, 2.05) is 0 Å². The molecule has 0 radical (unpaired) electrons. The van der Waals surface area contributed by atoms with E-state index in [-0.39, 0.29) is 0 Å². The Bertz CT molecular complexity index is 235. The molecule has 0 aromatic carbocycles. The lowest BCUT2D eigenvalue weighted by Gasteiger charge is -2.44. The Morgan fingerprint density at radius 2 is 1.72 bits per heavy atom. The van der Waals surface area contributed by atoms with Crippen molar-refractivity contribution in [3.05, 3.63) is 0 Å². The molecule has 1 aliphatic heterocycles. The molecule has 106 valence electrons. The Hall–Kier alpha value is -0.120. The molecule has 0 amide bonds. The number of nitrogens with zero attached hydrogens (tertiary/aromatic N) is 1. The summed E-state index contributed by atoms with van der Waals surface area (Å²) >= 11 is 0. The van der Waals surface area contributed by atoms with Gasteiger partial charge in [0.15, 0.2) is 0 Å². The fourth-order valence-corrected chi connectivity index (χ4v) is 3.96. The largest absolute Gasteiger partial charge is 0.373 e. The molecule has 3 nitrogen and oxygen atoms in total. The number of hydrogen-bond acceptors (Lipinski definition) is 3. The summed E-state index contributed by atoms with van der Waals surface area (Å²) in [6.45, 7) is 9.05. The lowest BCUT2D eigenvalue weighted by Crippen LogP contribution is -2.52. The predicted molar refractivity (Wildman–Crippen MR) is 75.9 cm³/mol. The predicted octanol–water partition coefficient (Wildman–Crippen LogP) is 2.27. The van der Waals surface area contributed by atoms with Crippen LogP contribution in [0.1, 0.15) is 46.0 Å². The molecule has 2 rings (SSSR count). The van der Waals surface area contributed by atoms with Crippen LogP contribution in [-0.4, -0.2) is 50.3 Å². The van der Waals surface area contributed by atoms with Crippen molar-refractivity contribution in [2.45, 2.75) is 58.2 Å². The zero-order valence-corrected chi connectivity index (χ0v) is 12.4. The van der Waals surface area contributed by atoms with E-state index in [1.165, 1.54) is 45.2 Å². The van der Waals surface area contributed by atoms with Crippen molar-refractivity contribution in [2.75, 3.05) is 33.2 Å². The Morgan fingerprint density at radius 3 is 2.28 bits per heavy atom. The molecule has 0 unspecified atom stereocenters. The molecule has 0 aromatic heterocycles. The van der Waals surface area contributed by atoms with Gasteiger partial charge in [-0.1, -0.05) is 19.3 Å². The molecule has 2 fully saturated rings. The van der Waals surface area contributed by atoms with Crippen LogP contribution in [0, 0.1) is 5.41 Å². The second-order valence-electron chi connectivity index (χ2n) is 6.54. The minimum absolute atomic E-state index is 0.393. The number of nitrogens with one attached hydrogen (secondary N) is 1. The maximum absolute atomic E-state index is 5.84. The maximum Gasteiger partial charge on any atom is 0.0678 e. The lowest BCUT2D eigenvalue weighted by atomic mass is 9.73. The highest BCUT2D eigenvalue weighted by molar-refractivity contribution is 4.89. The first-order valence-corrected chi connectivity index (χ1v) is 7.66. The molecule has 1 N–H and O–H groups in total. The first-order valence-electron chi connectivity index (χ1n) is 7.66. The van der Waals surface area contributed by atoms with Gasteiger partial charge in [0.05, 0.1) is 12.2 Å². The SMILES string of the molecule is CNCC1(CN2C[C@@H](C)O[C@@H](C)C2)CCCCC1. The summed E-state index contributed by atoms with van der Waals surface area (Å²) in [5.41, 5.74) is 0.518.